The van der Waals surface area contributed by atoms with Gasteiger partial charge in [0.05, 0.1) is 6.04 Å². The first-order valence-corrected chi connectivity index (χ1v) is 4.46. The van der Waals surface area contributed by atoms with E-state index in [2.05, 4.69) is 16.4 Å². The molecule has 0 spiro atoms. The molecular weight excluding hydrogens is 162 g/mol. The van der Waals surface area contributed by atoms with E-state index in [1.807, 2.05) is 19.1 Å². The van der Waals surface area contributed by atoms with Crippen molar-refractivity contribution in [2.45, 2.75) is 19.1 Å². The number of fused-ring (bicyclic) bond motifs is 3. The third-order valence-corrected chi connectivity index (χ3v) is 2.69. The summed E-state index contributed by atoms with van der Waals surface area (Å²) in [5.41, 5.74) is 10.2. The molecule has 1 aromatic carbocycles. The molecule has 3 rings (SSSR count). The zero-order valence-corrected chi connectivity index (χ0v) is 7.41. The van der Waals surface area contributed by atoms with Gasteiger partial charge in [-0.3, -0.25) is 10.3 Å². The summed E-state index contributed by atoms with van der Waals surface area (Å²) < 4.78 is 0. The number of nitrogens with zero attached hydrogens (tertiary/aromatic N) is 1. The number of hydrogen-bond donors (Lipinski definition) is 2. The number of nitrogens with two attached hydrogens (primary N) is 1. The second kappa shape index (κ2) is 2.12. The first kappa shape index (κ1) is 7.09. The molecule has 2 atom stereocenters. The van der Waals surface area contributed by atoms with Crippen molar-refractivity contribution in [3.63, 3.8) is 0 Å². The minimum Gasteiger partial charge on any atom is -0.399 e. The molecule has 0 amide bonds. The summed E-state index contributed by atoms with van der Waals surface area (Å²) in [5.74, 6) is 0. The van der Waals surface area contributed by atoms with Crippen LogP contribution in [0.5, 0.6) is 0 Å². The highest BCUT2D eigenvalue weighted by atomic mass is 15.3. The highest BCUT2D eigenvalue weighted by Gasteiger charge is 2.41. The van der Waals surface area contributed by atoms with E-state index >= 15 is 0 Å². The van der Waals surface area contributed by atoms with E-state index in [9.17, 15) is 0 Å². The molecule has 2 aliphatic heterocycles. The lowest BCUT2D eigenvalue weighted by atomic mass is 9.97. The molecule has 3 N–H and O–H groups in total. The Balaban J connectivity index is 2.24. The fourth-order valence-corrected chi connectivity index (χ4v) is 1.94. The van der Waals surface area contributed by atoms with Crippen LogP contribution < -0.4 is 11.1 Å². The Kier molecular flexibility index (Phi) is 1.15. The third kappa shape index (κ3) is 0.906. The van der Waals surface area contributed by atoms with E-state index in [-0.39, 0.29) is 0 Å². The summed E-state index contributed by atoms with van der Waals surface area (Å²) >= 11 is 0. The van der Waals surface area contributed by atoms with Crippen molar-refractivity contribution in [2.75, 3.05) is 5.73 Å². The molecule has 1 aromatic rings. The SMILES string of the molecule is CC1=NC2NC2c2ccc(N)cc21. The number of aliphatic imine (C=N–C) groups is 1. The zero-order valence-electron chi connectivity index (χ0n) is 7.41. The average Bonchev–Trinajstić information content (AvgIpc) is 2.83. The van der Waals surface area contributed by atoms with Crippen LogP contribution in [0.2, 0.25) is 0 Å². The van der Waals surface area contributed by atoms with Crippen molar-refractivity contribution >= 4 is 11.4 Å². The predicted octanol–water partition coefficient (Wildman–Crippen LogP) is 1.06. The highest BCUT2D eigenvalue weighted by molar-refractivity contribution is 6.02. The molecule has 0 aromatic heterocycles. The van der Waals surface area contributed by atoms with Crippen molar-refractivity contribution < 1.29 is 0 Å². The molecule has 3 heteroatoms. The topological polar surface area (TPSA) is 60.3 Å². The van der Waals surface area contributed by atoms with E-state index in [4.69, 9.17) is 5.73 Å². The molecule has 3 nitrogen and oxygen atoms in total. The molecule has 66 valence electrons. The Labute approximate surface area is 76.7 Å². The van der Waals surface area contributed by atoms with Gasteiger partial charge in [0.2, 0.25) is 0 Å². The van der Waals surface area contributed by atoms with Gasteiger partial charge < -0.3 is 5.73 Å². The van der Waals surface area contributed by atoms with Crippen molar-refractivity contribution in [3.05, 3.63) is 29.3 Å². The summed E-state index contributed by atoms with van der Waals surface area (Å²) in [7, 11) is 0. The quantitative estimate of drug-likeness (QED) is 0.455. The molecule has 2 heterocycles. The van der Waals surface area contributed by atoms with E-state index in [0.717, 1.165) is 11.4 Å². The minimum absolute atomic E-state index is 0.330. The van der Waals surface area contributed by atoms with Crippen molar-refractivity contribution in [2.24, 2.45) is 4.99 Å². The van der Waals surface area contributed by atoms with Crippen LogP contribution in [0.3, 0.4) is 0 Å². The van der Waals surface area contributed by atoms with Crippen LogP contribution >= 0.6 is 0 Å². The summed E-state index contributed by atoms with van der Waals surface area (Å²) in [6.07, 6.45) is 0.330. The van der Waals surface area contributed by atoms with E-state index in [1.54, 1.807) is 0 Å². The predicted molar refractivity (Wildman–Crippen MR) is 52.7 cm³/mol. The molecule has 0 bridgehead atoms. The van der Waals surface area contributed by atoms with Crippen LogP contribution in [-0.4, -0.2) is 11.9 Å². The number of hydrogen-bond acceptors (Lipinski definition) is 3. The van der Waals surface area contributed by atoms with Gasteiger partial charge in [0.15, 0.2) is 0 Å². The molecule has 0 aliphatic carbocycles. The maximum atomic E-state index is 5.73. The molecular formula is C10H11N3. The van der Waals surface area contributed by atoms with Gasteiger partial charge in [0, 0.05) is 17.0 Å². The average molecular weight is 173 g/mol. The Morgan fingerprint density at radius 1 is 1.46 bits per heavy atom. The zero-order chi connectivity index (χ0) is 9.00. The van der Waals surface area contributed by atoms with Gasteiger partial charge in [-0.25, -0.2) is 0 Å². The number of rotatable bonds is 0. The van der Waals surface area contributed by atoms with E-state index in [0.29, 0.717) is 12.2 Å². The van der Waals surface area contributed by atoms with Crippen LogP contribution in [0.4, 0.5) is 5.69 Å². The van der Waals surface area contributed by atoms with Gasteiger partial charge in [0.25, 0.3) is 0 Å². The van der Waals surface area contributed by atoms with Crippen LogP contribution in [0, 0.1) is 0 Å². The molecule has 1 saturated heterocycles. The lowest BCUT2D eigenvalue weighted by molar-refractivity contribution is 0.961. The summed E-state index contributed by atoms with van der Waals surface area (Å²) in [6.45, 7) is 2.04. The van der Waals surface area contributed by atoms with Gasteiger partial charge in [-0.2, -0.15) is 0 Å². The Morgan fingerprint density at radius 3 is 3.15 bits per heavy atom. The third-order valence-electron chi connectivity index (χ3n) is 2.69. The first-order valence-electron chi connectivity index (χ1n) is 4.46. The second-order valence-electron chi connectivity index (χ2n) is 3.65. The van der Waals surface area contributed by atoms with Crippen LogP contribution in [0.25, 0.3) is 0 Å². The number of nitrogen functional groups attached to an aromatic ring is 1. The summed E-state index contributed by atoms with van der Waals surface area (Å²) in [6, 6.07) is 6.50. The minimum atomic E-state index is 0.330. The normalized spacial score (nSPS) is 28.8. The monoisotopic (exact) mass is 173 g/mol. The summed E-state index contributed by atoms with van der Waals surface area (Å²) in [5, 5.41) is 3.31. The fourth-order valence-electron chi connectivity index (χ4n) is 1.94. The molecule has 2 aliphatic rings. The molecule has 1 fully saturated rings. The number of benzene rings is 1. The Bertz CT molecular complexity index is 409. The Hall–Kier alpha value is -1.35. The fraction of sp³-hybridized carbons (Fsp3) is 0.300. The van der Waals surface area contributed by atoms with Crippen molar-refractivity contribution in [1.29, 1.82) is 0 Å². The largest absolute Gasteiger partial charge is 0.399 e. The summed E-state index contributed by atoms with van der Waals surface area (Å²) in [4.78, 5) is 4.49. The number of anilines is 1. The first-order chi connectivity index (χ1) is 6.25. The lowest BCUT2D eigenvalue weighted by Crippen LogP contribution is -2.08. The van der Waals surface area contributed by atoms with Gasteiger partial charge in [-0.05, 0) is 24.6 Å². The van der Waals surface area contributed by atoms with Crippen molar-refractivity contribution in [1.82, 2.24) is 5.32 Å². The Morgan fingerprint density at radius 2 is 2.31 bits per heavy atom. The van der Waals surface area contributed by atoms with Gasteiger partial charge in [0.1, 0.15) is 6.17 Å². The molecule has 13 heavy (non-hydrogen) atoms. The van der Waals surface area contributed by atoms with Gasteiger partial charge >= 0.3 is 0 Å². The maximum absolute atomic E-state index is 5.73. The van der Waals surface area contributed by atoms with Crippen LogP contribution in [-0.2, 0) is 0 Å². The van der Waals surface area contributed by atoms with Gasteiger partial charge in [-0.1, -0.05) is 6.07 Å². The van der Waals surface area contributed by atoms with Gasteiger partial charge in [-0.15, -0.1) is 0 Å². The highest BCUT2D eigenvalue weighted by Crippen LogP contribution is 2.37. The smallest absolute Gasteiger partial charge is 0.120 e. The molecule has 2 unspecified atom stereocenters. The molecule has 0 saturated carbocycles. The molecule has 0 radical (unpaired) electrons. The second-order valence-corrected chi connectivity index (χ2v) is 3.65. The van der Waals surface area contributed by atoms with E-state index < -0.39 is 0 Å². The van der Waals surface area contributed by atoms with Crippen LogP contribution in [0.15, 0.2) is 23.2 Å². The standard InChI is InChI=1S/C10H11N3/c1-5-8-4-6(11)2-3-7(8)9-10(12-5)13-9/h2-4,9-10,13H,11H2,1H3. The lowest BCUT2D eigenvalue weighted by Gasteiger charge is -2.12. The van der Waals surface area contributed by atoms with E-state index in [1.165, 1.54) is 11.1 Å². The van der Waals surface area contributed by atoms with Crippen LogP contribution in [0.1, 0.15) is 24.1 Å². The van der Waals surface area contributed by atoms with Crippen molar-refractivity contribution in [3.8, 4) is 0 Å². The number of nitrogens with one attached hydrogen (secondary N) is 1. The maximum Gasteiger partial charge on any atom is 0.120 e.